The van der Waals surface area contributed by atoms with E-state index >= 15 is 0 Å². The fourth-order valence-corrected chi connectivity index (χ4v) is 2.12. The van der Waals surface area contributed by atoms with E-state index in [1.165, 1.54) is 0 Å². The highest BCUT2D eigenvalue weighted by Crippen LogP contribution is 2.25. The number of esters is 1. The number of carbonyl (C=O) groups is 1. The van der Waals surface area contributed by atoms with Crippen LogP contribution in [0.5, 0.6) is 0 Å². The molecular weight excluding hydrogens is 254 g/mol. The Hall–Kier alpha value is -2.69. The number of aromatic nitrogens is 3. The second-order valence-corrected chi connectivity index (χ2v) is 4.20. The van der Waals surface area contributed by atoms with E-state index in [2.05, 4.69) is 9.97 Å². The molecule has 0 aliphatic rings. The summed E-state index contributed by atoms with van der Waals surface area (Å²) in [6.07, 6.45) is 5.27. The van der Waals surface area contributed by atoms with Crippen molar-refractivity contribution in [3.05, 3.63) is 54.6 Å². The fourth-order valence-electron chi connectivity index (χ4n) is 2.12. The molecule has 0 aromatic carbocycles. The van der Waals surface area contributed by atoms with E-state index in [4.69, 9.17) is 4.74 Å². The lowest BCUT2D eigenvalue weighted by Gasteiger charge is -2.04. The van der Waals surface area contributed by atoms with Crippen molar-refractivity contribution in [2.75, 3.05) is 6.61 Å². The summed E-state index contributed by atoms with van der Waals surface area (Å²) in [5.41, 5.74) is 2.54. The van der Waals surface area contributed by atoms with Gasteiger partial charge in [0, 0.05) is 24.2 Å². The molecule has 5 heteroatoms. The van der Waals surface area contributed by atoms with E-state index < -0.39 is 5.97 Å². The quantitative estimate of drug-likeness (QED) is 0.684. The Morgan fingerprint density at radius 2 is 2.20 bits per heavy atom. The first-order valence-electron chi connectivity index (χ1n) is 6.36. The fraction of sp³-hybridized carbons (Fsp3) is 0.133. The first-order chi connectivity index (χ1) is 9.81. The molecule has 3 aromatic rings. The minimum absolute atomic E-state index is 0.311. The molecule has 0 amide bonds. The number of hydrogen-bond donors (Lipinski definition) is 0. The molecule has 0 saturated heterocycles. The Morgan fingerprint density at radius 3 is 2.95 bits per heavy atom. The van der Waals surface area contributed by atoms with E-state index in [9.17, 15) is 4.79 Å². The van der Waals surface area contributed by atoms with Crippen molar-refractivity contribution in [1.29, 1.82) is 0 Å². The lowest BCUT2D eigenvalue weighted by molar-refractivity contribution is 0.0521. The number of rotatable bonds is 3. The molecule has 3 heterocycles. The molecule has 0 bridgehead atoms. The van der Waals surface area contributed by atoms with Crippen LogP contribution in [0.1, 0.15) is 17.4 Å². The van der Waals surface area contributed by atoms with E-state index in [1.807, 2.05) is 40.9 Å². The maximum absolute atomic E-state index is 12.1. The Kier molecular flexibility index (Phi) is 3.16. The molecule has 0 radical (unpaired) electrons. The first kappa shape index (κ1) is 12.3. The van der Waals surface area contributed by atoms with Gasteiger partial charge in [0.25, 0.3) is 0 Å². The molecule has 0 N–H and O–H groups in total. The van der Waals surface area contributed by atoms with Crippen molar-refractivity contribution < 1.29 is 9.53 Å². The van der Waals surface area contributed by atoms with Crippen LogP contribution in [0.25, 0.3) is 16.9 Å². The monoisotopic (exact) mass is 267 g/mol. The Balaban J connectivity index is 2.26. The van der Waals surface area contributed by atoms with Crippen LogP contribution in [0.4, 0.5) is 0 Å². The van der Waals surface area contributed by atoms with E-state index in [1.54, 1.807) is 19.3 Å². The van der Waals surface area contributed by atoms with Gasteiger partial charge >= 0.3 is 5.97 Å². The number of pyridine rings is 2. The largest absolute Gasteiger partial charge is 0.461 e. The zero-order chi connectivity index (χ0) is 13.9. The maximum Gasteiger partial charge on any atom is 0.359 e. The van der Waals surface area contributed by atoms with Crippen LogP contribution in [-0.4, -0.2) is 26.9 Å². The molecule has 0 unspecified atom stereocenters. The van der Waals surface area contributed by atoms with Gasteiger partial charge in [-0.2, -0.15) is 0 Å². The predicted molar refractivity (Wildman–Crippen MR) is 74.4 cm³/mol. The van der Waals surface area contributed by atoms with Crippen LogP contribution in [-0.2, 0) is 4.74 Å². The summed E-state index contributed by atoms with van der Waals surface area (Å²) in [6, 6.07) is 9.34. The standard InChI is InChI=1S/C15H13N3O2/c1-2-20-15(19)13-14(11-6-5-8-16-10-11)18-9-4-3-7-12(18)17-13/h3-10H,2H2,1H3. The van der Waals surface area contributed by atoms with Crippen molar-refractivity contribution >= 4 is 11.6 Å². The van der Waals surface area contributed by atoms with Crippen molar-refractivity contribution in [3.63, 3.8) is 0 Å². The van der Waals surface area contributed by atoms with Gasteiger partial charge in [-0.25, -0.2) is 9.78 Å². The van der Waals surface area contributed by atoms with Crippen LogP contribution >= 0.6 is 0 Å². The third-order valence-electron chi connectivity index (χ3n) is 2.93. The lowest BCUT2D eigenvalue weighted by Crippen LogP contribution is -2.07. The summed E-state index contributed by atoms with van der Waals surface area (Å²) in [5.74, 6) is -0.421. The van der Waals surface area contributed by atoms with E-state index in [0.29, 0.717) is 23.6 Å². The van der Waals surface area contributed by atoms with Gasteiger partial charge < -0.3 is 4.74 Å². The molecule has 0 aliphatic heterocycles. The van der Waals surface area contributed by atoms with Crippen LogP contribution in [0.3, 0.4) is 0 Å². The molecule has 5 nitrogen and oxygen atoms in total. The summed E-state index contributed by atoms with van der Waals surface area (Å²) in [5, 5.41) is 0. The average Bonchev–Trinajstić information content (AvgIpc) is 2.88. The van der Waals surface area contributed by atoms with Gasteiger partial charge in [-0.3, -0.25) is 9.38 Å². The molecule has 3 aromatic heterocycles. The Bertz CT molecular complexity index is 750. The van der Waals surface area contributed by atoms with Gasteiger partial charge in [0.1, 0.15) is 5.65 Å². The maximum atomic E-state index is 12.1. The van der Waals surface area contributed by atoms with Crippen LogP contribution in [0, 0.1) is 0 Å². The second-order valence-electron chi connectivity index (χ2n) is 4.20. The van der Waals surface area contributed by atoms with Crippen LogP contribution in [0.2, 0.25) is 0 Å². The number of ether oxygens (including phenoxy) is 1. The number of hydrogen-bond acceptors (Lipinski definition) is 4. The highest BCUT2D eigenvalue weighted by molar-refractivity contribution is 5.95. The number of carbonyl (C=O) groups excluding carboxylic acids is 1. The summed E-state index contributed by atoms with van der Waals surface area (Å²) >= 11 is 0. The van der Waals surface area contributed by atoms with Crippen molar-refractivity contribution in [3.8, 4) is 11.3 Å². The van der Waals surface area contributed by atoms with Gasteiger partial charge in [0.15, 0.2) is 5.69 Å². The zero-order valence-electron chi connectivity index (χ0n) is 11.0. The number of nitrogens with zero attached hydrogens (tertiary/aromatic N) is 3. The predicted octanol–water partition coefficient (Wildman–Crippen LogP) is 2.57. The van der Waals surface area contributed by atoms with Crippen molar-refractivity contribution in [1.82, 2.24) is 14.4 Å². The summed E-state index contributed by atoms with van der Waals surface area (Å²) in [6.45, 7) is 2.09. The minimum atomic E-state index is -0.421. The summed E-state index contributed by atoms with van der Waals surface area (Å²) in [4.78, 5) is 20.6. The number of fused-ring (bicyclic) bond motifs is 1. The molecular formula is C15H13N3O2. The van der Waals surface area contributed by atoms with E-state index in [0.717, 1.165) is 5.56 Å². The normalized spacial score (nSPS) is 10.7. The van der Waals surface area contributed by atoms with Crippen molar-refractivity contribution in [2.45, 2.75) is 6.92 Å². The molecule has 0 spiro atoms. The Morgan fingerprint density at radius 1 is 1.30 bits per heavy atom. The number of imidazole rings is 1. The zero-order valence-corrected chi connectivity index (χ0v) is 11.0. The summed E-state index contributed by atoms with van der Waals surface area (Å²) in [7, 11) is 0. The van der Waals surface area contributed by atoms with Crippen LogP contribution in [0.15, 0.2) is 48.9 Å². The van der Waals surface area contributed by atoms with Gasteiger partial charge in [0.2, 0.25) is 0 Å². The molecule has 20 heavy (non-hydrogen) atoms. The summed E-state index contributed by atoms with van der Waals surface area (Å²) < 4.78 is 6.95. The molecule has 0 atom stereocenters. The molecule has 3 rings (SSSR count). The topological polar surface area (TPSA) is 56.5 Å². The minimum Gasteiger partial charge on any atom is -0.461 e. The third kappa shape index (κ3) is 2.03. The molecule has 100 valence electrons. The highest BCUT2D eigenvalue weighted by Gasteiger charge is 2.21. The van der Waals surface area contributed by atoms with Gasteiger partial charge in [0.05, 0.1) is 12.3 Å². The smallest absolute Gasteiger partial charge is 0.359 e. The second kappa shape index (κ2) is 5.13. The molecule has 0 saturated carbocycles. The van der Waals surface area contributed by atoms with Crippen molar-refractivity contribution in [2.24, 2.45) is 0 Å². The highest BCUT2D eigenvalue weighted by atomic mass is 16.5. The average molecular weight is 267 g/mol. The molecule has 0 aliphatic carbocycles. The third-order valence-corrected chi connectivity index (χ3v) is 2.93. The van der Waals surface area contributed by atoms with Gasteiger partial charge in [-0.15, -0.1) is 0 Å². The SMILES string of the molecule is CCOC(=O)c1nc2ccccn2c1-c1cccnc1. The van der Waals surface area contributed by atoms with Gasteiger partial charge in [-0.1, -0.05) is 6.07 Å². The molecule has 0 fully saturated rings. The van der Waals surface area contributed by atoms with Crippen LogP contribution < -0.4 is 0 Å². The van der Waals surface area contributed by atoms with Gasteiger partial charge in [-0.05, 0) is 31.2 Å². The first-order valence-corrected chi connectivity index (χ1v) is 6.36. The van der Waals surface area contributed by atoms with E-state index in [-0.39, 0.29) is 0 Å². The lowest BCUT2D eigenvalue weighted by atomic mass is 10.1. The Labute approximate surface area is 115 Å².